The number of amides is 2. The van der Waals surface area contributed by atoms with Gasteiger partial charge in [0.05, 0.1) is 6.61 Å². The number of phenolic OH excluding ortho intramolecular Hbond substituents is 1. The minimum absolute atomic E-state index is 0.00977. The minimum atomic E-state index is -0.665. The summed E-state index contributed by atoms with van der Waals surface area (Å²) in [6.07, 6.45) is 0.681. The van der Waals surface area contributed by atoms with E-state index in [4.69, 9.17) is 14.2 Å². The average Bonchev–Trinajstić information content (AvgIpc) is 2.80. The number of ether oxygens (including phenoxy) is 3. The van der Waals surface area contributed by atoms with Crippen molar-refractivity contribution in [2.45, 2.75) is 38.8 Å². The molecule has 0 aliphatic carbocycles. The molecule has 1 atom stereocenters. The molecule has 1 unspecified atom stereocenters. The molecule has 2 N–H and O–H groups in total. The van der Waals surface area contributed by atoms with Gasteiger partial charge >= 0.3 is 0 Å². The lowest BCUT2D eigenvalue weighted by atomic mass is 10.0. The van der Waals surface area contributed by atoms with Crippen LogP contribution in [0.4, 0.5) is 0 Å². The SMILES string of the molecule is CCOc1ccc(OCC(=O)N2CCC(NC(=O)C(C)Oc3ccc(O)cc3)CC2)cc1. The maximum Gasteiger partial charge on any atom is 0.260 e. The lowest BCUT2D eigenvalue weighted by Gasteiger charge is -2.32. The van der Waals surface area contributed by atoms with E-state index in [2.05, 4.69) is 5.32 Å². The second-order valence-corrected chi connectivity index (χ2v) is 7.61. The second-order valence-electron chi connectivity index (χ2n) is 7.61. The maximum absolute atomic E-state index is 12.5. The van der Waals surface area contributed by atoms with E-state index >= 15 is 0 Å². The number of aromatic hydroxyl groups is 1. The highest BCUT2D eigenvalue weighted by Crippen LogP contribution is 2.19. The van der Waals surface area contributed by atoms with E-state index in [1.807, 2.05) is 19.1 Å². The molecular formula is C24H30N2O6. The van der Waals surface area contributed by atoms with Crippen LogP contribution in [0.5, 0.6) is 23.0 Å². The molecule has 2 aromatic carbocycles. The zero-order valence-corrected chi connectivity index (χ0v) is 18.5. The van der Waals surface area contributed by atoms with Gasteiger partial charge in [0.25, 0.3) is 11.8 Å². The monoisotopic (exact) mass is 442 g/mol. The van der Waals surface area contributed by atoms with Crippen molar-refractivity contribution in [2.75, 3.05) is 26.3 Å². The number of phenols is 1. The summed E-state index contributed by atoms with van der Waals surface area (Å²) in [5.41, 5.74) is 0. The maximum atomic E-state index is 12.5. The Bertz CT molecular complexity index is 876. The van der Waals surface area contributed by atoms with Crippen LogP contribution < -0.4 is 19.5 Å². The van der Waals surface area contributed by atoms with Gasteiger partial charge in [0, 0.05) is 19.1 Å². The van der Waals surface area contributed by atoms with Crippen LogP contribution in [0, 0.1) is 0 Å². The first kappa shape index (κ1) is 23.2. The predicted octanol–water partition coefficient (Wildman–Crippen LogP) is 2.74. The van der Waals surface area contributed by atoms with E-state index in [9.17, 15) is 14.7 Å². The Labute approximate surface area is 188 Å². The van der Waals surface area contributed by atoms with E-state index in [1.54, 1.807) is 36.1 Å². The lowest BCUT2D eigenvalue weighted by molar-refractivity contribution is -0.134. The number of carbonyl (C=O) groups excluding carboxylic acids is 2. The normalized spacial score (nSPS) is 15.0. The molecule has 1 heterocycles. The smallest absolute Gasteiger partial charge is 0.260 e. The summed E-state index contributed by atoms with van der Waals surface area (Å²) in [6.45, 7) is 5.29. The molecule has 2 aromatic rings. The summed E-state index contributed by atoms with van der Waals surface area (Å²) >= 11 is 0. The molecule has 32 heavy (non-hydrogen) atoms. The molecule has 0 bridgehead atoms. The standard InChI is InChI=1S/C24H30N2O6/c1-3-30-20-8-10-21(11-9-20)31-16-23(28)26-14-12-18(13-15-26)25-24(29)17(2)32-22-6-4-19(27)5-7-22/h4-11,17-18,27H,3,12-16H2,1-2H3,(H,25,29). The summed E-state index contributed by atoms with van der Waals surface area (Å²) in [6, 6.07) is 13.4. The Morgan fingerprint density at radius 1 is 1.00 bits per heavy atom. The number of carbonyl (C=O) groups is 2. The Morgan fingerprint density at radius 2 is 1.56 bits per heavy atom. The van der Waals surface area contributed by atoms with Crippen molar-refractivity contribution in [3.05, 3.63) is 48.5 Å². The van der Waals surface area contributed by atoms with E-state index in [0.717, 1.165) is 5.75 Å². The van der Waals surface area contributed by atoms with Crippen LogP contribution in [-0.2, 0) is 9.59 Å². The van der Waals surface area contributed by atoms with E-state index in [1.165, 1.54) is 12.1 Å². The molecule has 0 saturated carbocycles. The largest absolute Gasteiger partial charge is 0.508 e. The van der Waals surface area contributed by atoms with Gasteiger partial charge in [-0.15, -0.1) is 0 Å². The van der Waals surface area contributed by atoms with Gasteiger partial charge in [0.15, 0.2) is 12.7 Å². The van der Waals surface area contributed by atoms with Gasteiger partial charge < -0.3 is 29.5 Å². The molecule has 1 saturated heterocycles. The fourth-order valence-corrected chi connectivity index (χ4v) is 3.41. The van der Waals surface area contributed by atoms with Gasteiger partial charge in [0.2, 0.25) is 0 Å². The fourth-order valence-electron chi connectivity index (χ4n) is 3.41. The van der Waals surface area contributed by atoms with Crippen LogP contribution in [0.15, 0.2) is 48.5 Å². The summed E-state index contributed by atoms with van der Waals surface area (Å²) in [5, 5.41) is 12.3. The Balaban J connectivity index is 1.37. The van der Waals surface area contributed by atoms with Crippen molar-refractivity contribution in [2.24, 2.45) is 0 Å². The number of likely N-dealkylation sites (tertiary alicyclic amines) is 1. The highest BCUT2D eigenvalue weighted by molar-refractivity contribution is 5.81. The van der Waals surface area contributed by atoms with Gasteiger partial charge in [-0.25, -0.2) is 0 Å². The first-order valence-electron chi connectivity index (χ1n) is 10.8. The van der Waals surface area contributed by atoms with Crippen molar-refractivity contribution < 1.29 is 28.9 Å². The summed E-state index contributed by atoms with van der Waals surface area (Å²) in [4.78, 5) is 26.6. The molecule has 0 aromatic heterocycles. The number of nitrogens with zero attached hydrogens (tertiary/aromatic N) is 1. The molecule has 2 amide bonds. The first-order chi connectivity index (χ1) is 15.4. The van der Waals surface area contributed by atoms with Crippen LogP contribution in [0.25, 0.3) is 0 Å². The quantitative estimate of drug-likeness (QED) is 0.620. The molecule has 1 fully saturated rings. The fraction of sp³-hybridized carbons (Fsp3) is 0.417. The molecule has 8 nitrogen and oxygen atoms in total. The third-order valence-electron chi connectivity index (χ3n) is 5.21. The summed E-state index contributed by atoms with van der Waals surface area (Å²) in [7, 11) is 0. The Morgan fingerprint density at radius 3 is 2.16 bits per heavy atom. The molecule has 0 radical (unpaired) electrons. The number of hydrogen-bond acceptors (Lipinski definition) is 6. The Kier molecular flexibility index (Phi) is 8.19. The van der Waals surface area contributed by atoms with Crippen molar-refractivity contribution in [1.82, 2.24) is 10.2 Å². The second kappa shape index (κ2) is 11.3. The summed E-state index contributed by atoms with van der Waals surface area (Å²) < 4.78 is 16.6. The number of rotatable bonds is 9. The van der Waals surface area contributed by atoms with Gasteiger partial charge in [-0.05, 0) is 75.2 Å². The van der Waals surface area contributed by atoms with E-state index < -0.39 is 6.10 Å². The first-order valence-corrected chi connectivity index (χ1v) is 10.8. The van der Waals surface area contributed by atoms with Crippen LogP contribution in [-0.4, -0.2) is 60.3 Å². The van der Waals surface area contributed by atoms with Gasteiger partial charge in [-0.1, -0.05) is 0 Å². The van der Waals surface area contributed by atoms with Gasteiger partial charge in [-0.3, -0.25) is 9.59 Å². The van der Waals surface area contributed by atoms with Crippen LogP contribution >= 0.6 is 0 Å². The minimum Gasteiger partial charge on any atom is -0.508 e. The molecule has 0 spiro atoms. The van der Waals surface area contributed by atoms with E-state index in [0.29, 0.717) is 44.0 Å². The van der Waals surface area contributed by atoms with Crippen molar-refractivity contribution in [3.63, 3.8) is 0 Å². The summed E-state index contributed by atoms with van der Waals surface area (Å²) in [5.74, 6) is 1.75. The van der Waals surface area contributed by atoms with Gasteiger partial charge in [0.1, 0.15) is 23.0 Å². The number of piperidine rings is 1. The van der Waals surface area contributed by atoms with Crippen LogP contribution in [0.3, 0.4) is 0 Å². The van der Waals surface area contributed by atoms with Gasteiger partial charge in [-0.2, -0.15) is 0 Å². The van der Waals surface area contributed by atoms with Crippen molar-refractivity contribution >= 4 is 11.8 Å². The molecule has 3 rings (SSSR count). The molecule has 1 aliphatic rings. The molecule has 172 valence electrons. The topological polar surface area (TPSA) is 97.3 Å². The van der Waals surface area contributed by atoms with Crippen molar-refractivity contribution in [3.8, 4) is 23.0 Å². The Hall–Kier alpha value is -3.42. The molecular weight excluding hydrogens is 412 g/mol. The highest BCUT2D eigenvalue weighted by atomic mass is 16.5. The third kappa shape index (κ3) is 6.80. The predicted molar refractivity (Wildman–Crippen MR) is 119 cm³/mol. The van der Waals surface area contributed by atoms with Crippen LogP contribution in [0.1, 0.15) is 26.7 Å². The molecule has 8 heteroatoms. The zero-order chi connectivity index (χ0) is 22.9. The molecule has 1 aliphatic heterocycles. The van der Waals surface area contributed by atoms with E-state index in [-0.39, 0.29) is 30.2 Å². The van der Waals surface area contributed by atoms with Crippen molar-refractivity contribution in [1.29, 1.82) is 0 Å². The number of benzene rings is 2. The lowest BCUT2D eigenvalue weighted by Crippen LogP contribution is -2.50. The highest BCUT2D eigenvalue weighted by Gasteiger charge is 2.26. The number of nitrogens with one attached hydrogen (secondary N) is 1. The average molecular weight is 443 g/mol. The van der Waals surface area contributed by atoms with Crippen LogP contribution in [0.2, 0.25) is 0 Å². The third-order valence-corrected chi connectivity index (χ3v) is 5.21. The zero-order valence-electron chi connectivity index (χ0n) is 18.5. The number of hydrogen-bond donors (Lipinski definition) is 2.